The third-order valence-corrected chi connectivity index (χ3v) is 3.99. The van der Waals surface area contributed by atoms with Crippen molar-refractivity contribution in [2.24, 2.45) is 5.41 Å². The zero-order chi connectivity index (χ0) is 12.8. The Morgan fingerprint density at radius 2 is 2.39 bits per heavy atom. The van der Waals surface area contributed by atoms with Gasteiger partial charge in [-0.05, 0) is 37.5 Å². The van der Waals surface area contributed by atoms with Crippen molar-refractivity contribution in [3.8, 4) is 0 Å². The summed E-state index contributed by atoms with van der Waals surface area (Å²) in [6.45, 7) is 3.26. The van der Waals surface area contributed by atoms with Crippen LogP contribution in [0.25, 0.3) is 0 Å². The van der Waals surface area contributed by atoms with Crippen LogP contribution in [0.5, 0.6) is 0 Å². The molecule has 1 aliphatic rings. The van der Waals surface area contributed by atoms with Crippen molar-refractivity contribution < 1.29 is 9.53 Å². The average molecular weight is 270 g/mol. The number of nitrogens with zero attached hydrogens (tertiary/aromatic N) is 2. The van der Waals surface area contributed by atoms with Crippen LogP contribution in [0, 0.1) is 5.41 Å². The summed E-state index contributed by atoms with van der Waals surface area (Å²) in [4.78, 5) is 12.4. The summed E-state index contributed by atoms with van der Waals surface area (Å²) in [5, 5.41) is 9.96. The highest BCUT2D eigenvalue weighted by Crippen LogP contribution is 2.28. The number of rotatable bonds is 5. The van der Waals surface area contributed by atoms with Crippen molar-refractivity contribution in [2.75, 3.05) is 33.4 Å². The molecule has 18 heavy (non-hydrogen) atoms. The van der Waals surface area contributed by atoms with Crippen LogP contribution in [0.3, 0.4) is 0 Å². The van der Waals surface area contributed by atoms with E-state index >= 15 is 0 Å². The molecule has 1 amide bonds. The van der Waals surface area contributed by atoms with Crippen molar-refractivity contribution in [1.29, 1.82) is 0 Å². The quantitative estimate of drug-likeness (QED) is 0.804. The monoisotopic (exact) mass is 270 g/mol. The molecular weight excluding hydrogens is 252 g/mol. The zero-order valence-electron chi connectivity index (χ0n) is 10.4. The Morgan fingerprint density at radius 3 is 3.00 bits per heavy atom. The normalized spacial score (nSPS) is 18.5. The summed E-state index contributed by atoms with van der Waals surface area (Å²) < 4.78 is 8.99. The van der Waals surface area contributed by atoms with Gasteiger partial charge in [-0.15, -0.1) is 5.10 Å². The van der Waals surface area contributed by atoms with Crippen LogP contribution >= 0.6 is 11.5 Å². The molecular formula is C11H18N4O2S. The first-order valence-electron chi connectivity index (χ1n) is 6.01. The largest absolute Gasteiger partial charge is 0.384 e. The molecule has 0 atom stereocenters. The Labute approximate surface area is 110 Å². The molecule has 1 saturated heterocycles. The molecule has 0 radical (unpaired) electrons. The summed E-state index contributed by atoms with van der Waals surface area (Å²) in [5.41, 5.74) is 0.0494. The van der Waals surface area contributed by atoms with Gasteiger partial charge in [0.15, 0.2) is 0 Å². The predicted molar refractivity (Wildman–Crippen MR) is 68.7 cm³/mol. The van der Waals surface area contributed by atoms with E-state index in [1.807, 2.05) is 0 Å². The molecule has 2 N–H and O–H groups in total. The standard InChI is InChI=1S/C11H18N4O2S/c1-17-8-11(2-4-12-5-3-11)7-13-10(16)9-6-14-15-18-9/h6,12H,2-5,7-8H2,1H3,(H,13,16). The molecule has 100 valence electrons. The molecule has 0 aliphatic carbocycles. The van der Waals surface area contributed by atoms with E-state index in [9.17, 15) is 4.79 Å². The third-order valence-electron chi connectivity index (χ3n) is 3.32. The van der Waals surface area contributed by atoms with Crippen LogP contribution in [0.2, 0.25) is 0 Å². The van der Waals surface area contributed by atoms with Crippen LogP contribution in [0.15, 0.2) is 6.20 Å². The summed E-state index contributed by atoms with van der Waals surface area (Å²) in [6, 6.07) is 0. The highest BCUT2D eigenvalue weighted by atomic mass is 32.1. The van der Waals surface area contributed by atoms with Gasteiger partial charge >= 0.3 is 0 Å². The van der Waals surface area contributed by atoms with Crippen LogP contribution in [0.4, 0.5) is 0 Å². The second-order valence-electron chi connectivity index (χ2n) is 4.65. The lowest BCUT2D eigenvalue weighted by atomic mass is 9.79. The number of aromatic nitrogens is 2. The minimum Gasteiger partial charge on any atom is -0.384 e. The van der Waals surface area contributed by atoms with Crippen LogP contribution < -0.4 is 10.6 Å². The minimum absolute atomic E-state index is 0.0494. The van der Waals surface area contributed by atoms with E-state index in [2.05, 4.69) is 20.2 Å². The Balaban J connectivity index is 1.91. The molecule has 1 aromatic heterocycles. The van der Waals surface area contributed by atoms with Crippen LogP contribution in [-0.2, 0) is 4.74 Å². The van der Waals surface area contributed by atoms with Gasteiger partial charge in [-0.25, -0.2) is 0 Å². The average Bonchev–Trinajstić information content (AvgIpc) is 2.91. The van der Waals surface area contributed by atoms with Crippen molar-refractivity contribution >= 4 is 17.4 Å². The van der Waals surface area contributed by atoms with Crippen molar-refractivity contribution in [2.45, 2.75) is 12.8 Å². The first-order chi connectivity index (χ1) is 8.76. The molecule has 0 unspecified atom stereocenters. The lowest BCUT2D eigenvalue weighted by Gasteiger charge is -2.37. The highest BCUT2D eigenvalue weighted by Gasteiger charge is 2.32. The van der Waals surface area contributed by atoms with E-state index in [-0.39, 0.29) is 11.3 Å². The van der Waals surface area contributed by atoms with Crippen LogP contribution in [0.1, 0.15) is 22.5 Å². The van der Waals surface area contributed by atoms with Gasteiger partial charge in [0.1, 0.15) is 4.88 Å². The summed E-state index contributed by atoms with van der Waals surface area (Å²) >= 11 is 1.11. The maximum atomic E-state index is 11.9. The fourth-order valence-corrected chi connectivity index (χ4v) is 2.69. The number of carbonyl (C=O) groups excluding carboxylic acids is 1. The van der Waals surface area contributed by atoms with Gasteiger partial charge in [-0.3, -0.25) is 4.79 Å². The van der Waals surface area contributed by atoms with E-state index in [1.165, 1.54) is 6.20 Å². The van der Waals surface area contributed by atoms with Gasteiger partial charge in [0.05, 0.1) is 12.8 Å². The first-order valence-corrected chi connectivity index (χ1v) is 6.78. The summed E-state index contributed by atoms with van der Waals surface area (Å²) in [5.74, 6) is -0.0981. The number of piperidine rings is 1. The van der Waals surface area contributed by atoms with Gasteiger partial charge < -0.3 is 15.4 Å². The van der Waals surface area contributed by atoms with Gasteiger partial charge in [0.2, 0.25) is 0 Å². The van der Waals surface area contributed by atoms with E-state index in [1.54, 1.807) is 7.11 Å². The molecule has 6 nitrogen and oxygen atoms in total. The number of carbonyl (C=O) groups is 1. The smallest absolute Gasteiger partial charge is 0.264 e. The first kappa shape index (κ1) is 13.4. The number of methoxy groups -OCH3 is 1. The lowest BCUT2D eigenvalue weighted by Crippen LogP contribution is -2.47. The number of hydrogen-bond acceptors (Lipinski definition) is 6. The number of amides is 1. The van der Waals surface area contributed by atoms with Gasteiger partial charge in [-0.1, -0.05) is 4.49 Å². The Kier molecular flexibility index (Phi) is 4.62. The number of ether oxygens (including phenoxy) is 1. The molecule has 0 aromatic carbocycles. The lowest BCUT2D eigenvalue weighted by molar-refractivity contribution is 0.0512. The highest BCUT2D eigenvalue weighted by molar-refractivity contribution is 7.07. The topological polar surface area (TPSA) is 76.1 Å². The second kappa shape index (κ2) is 6.21. The Bertz CT molecular complexity index is 371. The Morgan fingerprint density at radius 1 is 1.61 bits per heavy atom. The number of hydrogen-bond donors (Lipinski definition) is 2. The molecule has 2 heterocycles. The molecule has 7 heteroatoms. The third kappa shape index (κ3) is 3.24. The van der Waals surface area contributed by atoms with E-state index in [4.69, 9.17) is 4.74 Å². The fraction of sp³-hybridized carbons (Fsp3) is 0.727. The van der Waals surface area contributed by atoms with Crippen molar-refractivity contribution in [3.05, 3.63) is 11.1 Å². The van der Waals surface area contributed by atoms with Crippen molar-refractivity contribution in [3.63, 3.8) is 0 Å². The minimum atomic E-state index is -0.0981. The van der Waals surface area contributed by atoms with Gasteiger partial charge in [-0.2, -0.15) is 0 Å². The molecule has 0 saturated carbocycles. The molecule has 1 aromatic rings. The fourth-order valence-electron chi connectivity index (χ4n) is 2.26. The molecule has 0 spiro atoms. The van der Waals surface area contributed by atoms with Gasteiger partial charge in [0.25, 0.3) is 5.91 Å². The SMILES string of the molecule is COCC1(CNC(=O)c2cnns2)CCNCC1. The number of nitrogens with one attached hydrogen (secondary N) is 2. The molecule has 1 aliphatic heterocycles. The van der Waals surface area contributed by atoms with Crippen LogP contribution in [-0.4, -0.2) is 48.8 Å². The van der Waals surface area contributed by atoms with Crippen molar-refractivity contribution in [1.82, 2.24) is 20.2 Å². The van der Waals surface area contributed by atoms with Gasteiger partial charge in [0, 0.05) is 19.1 Å². The summed E-state index contributed by atoms with van der Waals surface area (Å²) in [7, 11) is 1.71. The molecule has 2 rings (SSSR count). The van der Waals surface area contributed by atoms with E-state index < -0.39 is 0 Å². The Hall–Kier alpha value is -1.05. The maximum absolute atomic E-state index is 11.9. The van der Waals surface area contributed by atoms with E-state index in [0.717, 1.165) is 37.5 Å². The zero-order valence-corrected chi connectivity index (χ0v) is 11.3. The molecule has 0 bridgehead atoms. The second-order valence-corrected chi connectivity index (χ2v) is 5.43. The predicted octanol–water partition coefficient (Wildman–Crippen LogP) is 0.284. The summed E-state index contributed by atoms with van der Waals surface area (Å²) in [6.07, 6.45) is 3.52. The maximum Gasteiger partial charge on any atom is 0.264 e. The molecule has 1 fully saturated rings. The van der Waals surface area contributed by atoms with E-state index in [0.29, 0.717) is 18.0 Å².